The van der Waals surface area contributed by atoms with E-state index >= 15 is 0 Å². The standard InChI is InChI=1S/C17H16N6O/c1-4-19-17-16(13(1)22-5-7-24-8-6-22)12(9-21-17)14-10-20-15-2-3-18-11-23(14)15/h1-4,9-11H,5-8H2,(H,19,21). The van der Waals surface area contributed by atoms with Gasteiger partial charge in [-0.1, -0.05) is 0 Å². The molecule has 1 aliphatic rings. The third-order valence-corrected chi connectivity index (χ3v) is 4.50. The Bertz CT molecular complexity index is 1010. The minimum absolute atomic E-state index is 0.753. The van der Waals surface area contributed by atoms with Crippen molar-refractivity contribution in [3.63, 3.8) is 0 Å². The minimum Gasteiger partial charge on any atom is -0.378 e. The number of nitrogens with one attached hydrogen (secondary N) is 1. The fourth-order valence-corrected chi connectivity index (χ4v) is 3.34. The molecule has 0 atom stereocenters. The summed E-state index contributed by atoms with van der Waals surface area (Å²) in [5.41, 5.74) is 5.03. The second-order valence-corrected chi connectivity index (χ2v) is 5.81. The molecule has 1 N–H and O–H groups in total. The van der Waals surface area contributed by atoms with E-state index in [2.05, 4.69) is 30.9 Å². The molecule has 24 heavy (non-hydrogen) atoms. The quantitative estimate of drug-likeness (QED) is 0.612. The van der Waals surface area contributed by atoms with Gasteiger partial charge in [-0.2, -0.15) is 0 Å². The largest absolute Gasteiger partial charge is 0.378 e. The highest BCUT2D eigenvalue weighted by Gasteiger charge is 2.19. The third-order valence-electron chi connectivity index (χ3n) is 4.50. The number of anilines is 1. The Labute approximate surface area is 137 Å². The lowest BCUT2D eigenvalue weighted by atomic mass is 10.1. The van der Waals surface area contributed by atoms with Gasteiger partial charge in [0.05, 0.1) is 36.2 Å². The SMILES string of the molecule is c1cc2ncc(-c3c[nH]c4nccc(N5CCOCC5)c34)n2cn1. The van der Waals surface area contributed by atoms with Gasteiger partial charge >= 0.3 is 0 Å². The Hall–Kier alpha value is -2.93. The normalized spacial score (nSPS) is 15.4. The lowest BCUT2D eigenvalue weighted by molar-refractivity contribution is 0.123. The smallest absolute Gasteiger partial charge is 0.140 e. The first kappa shape index (κ1) is 13.5. The van der Waals surface area contributed by atoms with Gasteiger partial charge in [0.2, 0.25) is 0 Å². The summed E-state index contributed by atoms with van der Waals surface area (Å²) in [6.45, 7) is 3.28. The molecular weight excluding hydrogens is 304 g/mol. The van der Waals surface area contributed by atoms with E-state index in [-0.39, 0.29) is 0 Å². The van der Waals surface area contributed by atoms with Crippen LogP contribution in [0.3, 0.4) is 0 Å². The highest BCUT2D eigenvalue weighted by Crippen LogP contribution is 2.35. The van der Waals surface area contributed by atoms with Gasteiger partial charge < -0.3 is 14.6 Å². The average molecular weight is 320 g/mol. The number of hydrogen-bond acceptors (Lipinski definition) is 5. The Morgan fingerprint density at radius 3 is 2.92 bits per heavy atom. The Morgan fingerprint density at radius 2 is 2.00 bits per heavy atom. The first-order chi connectivity index (χ1) is 11.9. The topological polar surface area (TPSA) is 71.3 Å². The molecule has 4 aromatic rings. The Kier molecular flexibility index (Phi) is 2.99. The fraction of sp³-hybridized carbons (Fsp3) is 0.235. The molecule has 0 aliphatic carbocycles. The van der Waals surface area contributed by atoms with Crippen molar-refractivity contribution in [2.24, 2.45) is 0 Å². The van der Waals surface area contributed by atoms with Crippen molar-refractivity contribution in [1.29, 1.82) is 0 Å². The minimum atomic E-state index is 0.753. The van der Waals surface area contributed by atoms with Crippen LogP contribution in [0.15, 0.2) is 43.2 Å². The predicted octanol–water partition coefficient (Wildman–Crippen LogP) is 2.11. The molecule has 0 radical (unpaired) electrons. The van der Waals surface area contributed by atoms with Crippen molar-refractivity contribution < 1.29 is 4.74 Å². The van der Waals surface area contributed by atoms with Crippen molar-refractivity contribution in [1.82, 2.24) is 24.3 Å². The molecule has 4 aromatic heterocycles. The van der Waals surface area contributed by atoms with Crippen LogP contribution in [-0.2, 0) is 4.74 Å². The second kappa shape index (κ2) is 5.31. The molecule has 5 heterocycles. The van der Waals surface area contributed by atoms with Gasteiger partial charge in [-0.3, -0.25) is 4.40 Å². The maximum atomic E-state index is 5.49. The van der Waals surface area contributed by atoms with Crippen LogP contribution in [0.4, 0.5) is 5.69 Å². The maximum Gasteiger partial charge on any atom is 0.140 e. The zero-order valence-corrected chi connectivity index (χ0v) is 13.0. The van der Waals surface area contributed by atoms with E-state index in [0.29, 0.717) is 0 Å². The van der Waals surface area contributed by atoms with E-state index < -0.39 is 0 Å². The highest BCUT2D eigenvalue weighted by atomic mass is 16.5. The molecule has 0 saturated carbocycles. The third kappa shape index (κ3) is 1.98. The van der Waals surface area contributed by atoms with Gasteiger partial charge in [0.15, 0.2) is 0 Å². The van der Waals surface area contributed by atoms with Gasteiger partial charge in [-0.15, -0.1) is 0 Å². The van der Waals surface area contributed by atoms with E-state index in [1.54, 1.807) is 12.5 Å². The zero-order valence-electron chi connectivity index (χ0n) is 13.0. The number of hydrogen-bond donors (Lipinski definition) is 1. The number of aromatic amines is 1. The molecule has 0 bridgehead atoms. The molecule has 0 spiro atoms. The van der Waals surface area contributed by atoms with Crippen molar-refractivity contribution in [2.75, 3.05) is 31.2 Å². The van der Waals surface area contributed by atoms with Crippen LogP contribution in [0, 0.1) is 0 Å². The first-order valence-corrected chi connectivity index (χ1v) is 7.98. The van der Waals surface area contributed by atoms with Gasteiger partial charge in [-0.05, 0) is 12.1 Å². The zero-order chi connectivity index (χ0) is 15.9. The van der Waals surface area contributed by atoms with Crippen LogP contribution in [-0.4, -0.2) is 50.6 Å². The first-order valence-electron chi connectivity index (χ1n) is 7.98. The second-order valence-electron chi connectivity index (χ2n) is 5.81. The molecule has 7 nitrogen and oxygen atoms in total. The number of morpholine rings is 1. The molecule has 5 rings (SSSR count). The summed E-state index contributed by atoms with van der Waals surface area (Å²) in [5.74, 6) is 0. The van der Waals surface area contributed by atoms with E-state index in [1.165, 1.54) is 5.69 Å². The van der Waals surface area contributed by atoms with Crippen molar-refractivity contribution in [3.05, 3.63) is 43.2 Å². The summed E-state index contributed by atoms with van der Waals surface area (Å²) in [4.78, 5) is 18.8. The van der Waals surface area contributed by atoms with E-state index in [9.17, 15) is 0 Å². The van der Waals surface area contributed by atoms with Crippen molar-refractivity contribution >= 4 is 22.4 Å². The molecule has 7 heteroatoms. The molecule has 1 aliphatic heterocycles. The number of rotatable bonds is 2. The molecule has 0 unspecified atom stereocenters. The monoisotopic (exact) mass is 320 g/mol. The van der Waals surface area contributed by atoms with Crippen LogP contribution < -0.4 is 4.90 Å². The van der Waals surface area contributed by atoms with Crippen LogP contribution in [0.5, 0.6) is 0 Å². The summed E-state index contributed by atoms with van der Waals surface area (Å²) < 4.78 is 7.49. The average Bonchev–Trinajstić information content (AvgIpc) is 3.26. The maximum absolute atomic E-state index is 5.49. The summed E-state index contributed by atoms with van der Waals surface area (Å²) in [6, 6.07) is 3.98. The lowest BCUT2D eigenvalue weighted by Crippen LogP contribution is -2.36. The Morgan fingerprint density at radius 1 is 1.08 bits per heavy atom. The Balaban J connectivity index is 1.74. The van der Waals surface area contributed by atoms with E-state index in [4.69, 9.17) is 4.74 Å². The number of pyridine rings is 1. The molecule has 0 amide bonds. The summed E-state index contributed by atoms with van der Waals surface area (Å²) >= 11 is 0. The van der Waals surface area contributed by atoms with Crippen LogP contribution in [0.2, 0.25) is 0 Å². The predicted molar refractivity (Wildman–Crippen MR) is 91.1 cm³/mol. The highest BCUT2D eigenvalue weighted by molar-refractivity contribution is 6.02. The molecule has 1 fully saturated rings. The molecular formula is C17H16N6O. The fourth-order valence-electron chi connectivity index (χ4n) is 3.34. The van der Waals surface area contributed by atoms with Crippen LogP contribution in [0.25, 0.3) is 27.9 Å². The number of aromatic nitrogens is 5. The summed E-state index contributed by atoms with van der Waals surface area (Å²) in [7, 11) is 0. The van der Waals surface area contributed by atoms with E-state index in [1.807, 2.05) is 29.1 Å². The van der Waals surface area contributed by atoms with Crippen LogP contribution in [0.1, 0.15) is 0 Å². The van der Waals surface area contributed by atoms with Crippen LogP contribution >= 0.6 is 0 Å². The van der Waals surface area contributed by atoms with Gasteiger partial charge in [0, 0.05) is 37.2 Å². The molecule has 1 saturated heterocycles. The molecule has 0 aromatic carbocycles. The van der Waals surface area contributed by atoms with E-state index in [0.717, 1.165) is 54.2 Å². The summed E-state index contributed by atoms with van der Waals surface area (Å²) in [5, 5.41) is 1.12. The summed E-state index contributed by atoms with van der Waals surface area (Å²) in [6.07, 6.45) is 9.28. The van der Waals surface area contributed by atoms with Crippen molar-refractivity contribution in [2.45, 2.75) is 0 Å². The number of fused-ring (bicyclic) bond motifs is 2. The molecule has 120 valence electrons. The number of H-pyrrole nitrogens is 1. The van der Waals surface area contributed by atoms with Crippen molar-refractivity contribution in [3.8, 4) is 11.3 Å². The van der Waals surface area contributed by atoms with Gasteiger partial charge in [0.1, 0.15) is 17.6 Å². The lowest BCUT2D eigenvalue weighted by Gasteiger charge is -2.29. The number of ether oxygens (including phenoxy) is 1. The van der Waals surface area contributed by atoms with Gasteiger partial charge in [0.25, 0.3) is 0 Å². The van der Waals surface area contributed by atoms with Gasteiger partial charge in [-0.25, -0.2) is 15.0 Å². The number of nitrogens with zero attached hydrogens (tertiary/aromatic N) is 5. The number of imidazole rings is 1.